The summed E-state index contributed by atoms with van der Waals surface area (Å²) in [6, 6.07) is 16.8. The number of rotatable bonds is 4. The lowest BCUT2D eigenvalue weighted by atomic mass is 9.99. The fourth-order valence-electron chi connectivity index (χ4n) is 4.86. The number of hydrogen-bond donors (Lipinski definition) is 2. The summed E-state index contributed by atoms with van der Waals surface area (Å²) in [7, 11) is 2.11. The summed E-state index contributed by atoms with van der Waals surface area (Å²) in [6.45, 7) is 2.99. The predicted molar refractivity (Wildman–Crippen MR) is 135 cm³/mol. The van der Waals surface area contributed by atoms with Crippen molar-refractivity contribution in [1.29, 1.82) is 0 Å². The Kier molecular flexibility index (Phi) is 5.15. The molecule has 1 unspecified atom stereocenters. The third-order valence-electron chi connectivity index (χ3n) is 6.82. The number of pyridine rings is 1. The van der Waals surface area contributed by atoms with Crippen molar-refractivity contribution in [1.82, 2.24) is 25.3 Å². The second-order valence-electron chi connectivity index (χ2n) is 8.92. The predicted octanol–water partition coefficient (Wildman–Crippen LogP) is 5.73. The average molecular weight is 450 g/mol. The van der Waals surface area contributed by atoms with E-state index in [1.165, 1.54) is 28.0 Å². The van der Waals surface area contributed by atoms with Crippen molar-refractivity contribution in [3.05, 3.63) is 95.7 Å². The van der Waals surface area contributed by atoms with Gasteiger partial charge in [0.15, 0.2) is 0 Å². The van der Waals surface area contributed by atoms with Crippen molar-refractivity contribution in [2.75, 3.05) is 13.6 Å². The molecule has 0 amide bonds. The highest BCUT2D eigenvalue weighted by atomic mass is 16.6. The van der Waals surface area contributed by atoms with Crippen molar-refractivity contribution in [2.24, 2.45) is 0 Å². The molecule has 2 aromatic heterocycles. The molecular weight excluding hydrogens is 422 g/mol. The van der Waals surface area contributed by atoms with Gasteiger partial charge in [0.2, 0.25) is 0 Å². The molecule has 0 saturated heterocycles. The minimum Gasteiger partial charge on any atom is -0.413 e. The van der Waals surface area contributed by atoms with Crippen LogP contribution in [0.25, 0.3) is 33.5 Å². The summed E-state index contributed by atoms with van der Waals surface area (Å²) in [5, 5.41) is 0. The van der Waals surface area contributed by atoms with Gasteiger partial charge in [0.25, 0.3) is 0 Å². The molecule has 0 saturated carbocycles. The molecular formula is C28H27N5O. The van der Waals surface area contributed by atoms with E-state index in [-0.39, 0.29) is 6.04 Å². The first-order valence-electron chi connectivity index (χ1n) is 11.7. The Balaban J connectivity index is 1.35. The minimum atomic E-state index is -0.0569. The molecule has 170 valence electrons. The van der Waals surface area contributed by atoms with Crippen LogP contribution in [0, 0.1) is 0 Å². The van der Waals surface area contributed by atoms with E-state index in [0.29, 0.717) is 0 Å². The fourth-order valence-corrected chi connectivity index (χ4v) is 4.86. The SMILES string of the molecule is C/C1=C/CC/C(ONC2c3ccccc3-c3c(-c4nc5ccncc5[nH]4)cccc32)=C\CN1C. The molecule has 2 aromatic carbocycles. The van der Waals surface area contributed by atoms with Gasteiger partial charge in [-0.1, -0.05) is 48.5 Å². The molecule has 3 heterocycles. The van der Waals surface area contributed by atoms with E-state index in [0.717, 1.165) is 47.6 Å². The number of nitrogens with zero attached hydrogens (tertiary/aromatic N) is 3. The number of benzene rings is 2. The summed E-state index contributed by atoms with van der Waals surface area (Å²) >= 11 is 0. The number of hydrogen-bond acceptors (Lipinski definition) is 5. The maximum Gasteiger partial charge on any atom is 0.139 e. The first-order valence-corrected chi connectivity index (χ1v) is 11.7. The molecule has 1 aliphatic heterocycles. The van der Waals surface area contributed by atoms with Crippen LogP contribution in [0.2, 0.25) is 0 Å². The molecule has 0 bridgehead atoms. The summed E-state index contributed by atoms with van der Waals surface area (Å²) in [5.74, 6) is 1.83. The molecule has 6 nitrogen and oxygen atoms in total. The second-order valence-corrected chi connectivity index (χ2v) is 8.92. The molecule has 6 heteroatoms. The third-order valence-corrected chi connectivity index (χ3v) is 6.82. The van der Waals surface area contributed by atoms with E-state index in [1.807, 2.05) is 12.3 Å². The molecule has 6 rings (SSSR count). The summed E-state index contributed by atoms with van der Waals surface area (Å²) in [6.07, 6.45) is 9.88. The van der Waals surface area contributed by atoms with Gasteiger partial charge in [0.05, 0.1) is 23.3 Å². The van der Waals surface area contributed by atoms with E-state index in [2.05, 4.69) is 88.9 Å². The second kappa shape index (κ2) is 8.47. The molecule has 34 heavy (non-hydrogen) atoms. The summed E-state index contributed by atoms with van der Waals surface area (Å²) < 4.78 is 0. The molecule has 0 fully saturated rings. The number of hydroxylamine groups is 1. The van der Waals surface area contributed by atoms with Gasteiger partial charge in [-0.25, -0.2) is 4.98 Å². The smallest absolute Gasteiger partial charge is 0.139 e. The van der Waals surface area contributed by atoms with Crippen molar-refractivity contribution in [3.63, 3.8) is 0 Å². The Labute approximate surface area is 199 Å². The van der Waals surface area contributed by atoms with Crippen molar-refractivity contribution >= 4 is 11.0 Å². The van der Waals surface area contributed by atoms with Crippen molar-refractivity contribution < 1.29 is 4.84 Å². The van der Waals surface area contributed by atoms with Crippen molar-refractivity contribution in [3.8, 4) is 22.5 Å². The largest absolute Gasteiger partial charge is 0.413 e. The van der Waals surface area contributed by atoms with Gasteiger partial charge in [-0.15, -0.1) is 5.48 Å². The van der Waals surface area contributed by atoms with Gasteiger partial charge in [-0.05, 0) is 47.7 Å². The number of imidazole rings is 1. The van der Waals surface area contributed by atoms with Crippen LogP contribution in [0.1, 0.15) is 36.9 Å². The monoisotopic (exact) mass is 449 g/mol. The number of aromatic nitrogens is 3. The Bertz CT molecular complexity index is 1400. The number of aromatic amines is 1. The average Bonchev–Trinajstić information content (AvgIpc) is 3.43. The highest BCUT2D eigenvalue weighted by molar-refractivity contribution is 5.91. The standard InChI is InChI=1S/C28H27N5O/c1-18-7-5-8-19(14-16-33(18)2)34-32-27-21-10-4-3-9-20(21)26-22(27)11-6-12-23(26)28-30-24-13-15-29-17-25(24)31-28/h3-4,6-7,9-15,17,27,32H,5,8,16H2,1-2H3,(H,30,31)/b18-7-,19-14+. The molecule has 1 atom stereocenters. The van der Waals surface area contributed by atoms with Crippen LogP contribution in [0.3, 0.4) is 0 Å². The highest BCUT2D eigenvalue weighted by Gasteiger charge is 2.32. The molecule has 1 aliphatic carbocycles. The lowest BCUT2D eigenvalue weighted by Gasteiger charge is -2.23. The van der Waals surface area contributed by atoms with Crippen LogP contribution >= 0.6 is 0 Å². The van der Waals surface area contributed by atoms with Gasteiger partial charge in [0.1, 0.15) is 11.6 Å². The number of H-pyrrole nitrogens is 1. The highest BCUT2D eigenvalue weighted by Crippen LogP contribution is 2.47. The number of likely N-dealkylation sites (N-methyl/N-ethyl adjacent to an activating group) is 1. The minimum absolute atomic E-state index is 0.0569. The molecule has 2 aliphatic rings. The van der Waals surface area contributed by atoms with Gasteiger partial charge in [-0.3, -0.25) is 4.98 Å². The van der Waals surface area contributed by atoms with Gasteiger partial charge < -0.3 is 14.7 Å². The van der Waals surface area contributed by atoms with Gasteiger partial charge in [0, 0.05) is 37.5 Å². The normalized spacial score (nSPS) is 20.5. The van der Waals surface area contributed by atoms with E-state index in [1.54, 1.807) is 6.20 Å². The quantitative estimate of drug-likeness (QED) is 0.390. The Hall–Kier alpha value is -3.90. The first kappa shape index (κ1) is 20.7. The lowest BCUT2D eigenvalue weighted by Crippen LogP contribution is -2.23. The zero-order chi connectivity index (χ0) is 23.1. The van der Waals surface area contributed by atoms with Crippen LogP contribution in [-0.4, -0.2) is 33.4 Å². The van der Waals surface area contributed by atoms with Crippen LogP contribution in [0.5, 0.6) is 0 Å². The molecule has 4 aromatic rings. The lowest BCUT2D eigenvalue weighted by molar-refractivity contribution is 0.0783. The van der Waals surface area contributed by atoms with Gasteiger partial charge in [-0.2, -0.15) is 0 Å². The van der Waals surface area contributed by atoms with Crippen molar-refractivity contribution in [2.45, 2.75) is 25.8 Å². The topological polar surface area (TPSA) is 66.1 Å². The summed E-state index contributed by atoms with van der Waals surface area (Å²) in [4.78, 5) is 21.0. The fraction of sp³-hybridized carbons (Fsp3) is 0.214. The molecule has 0 radical (unpaired) electrons. The van der Waals surface area contributed by atoms with Crippen LogP contribution in [0.4, 0.5) is 0 Å². The summed E-state index contributed by atoms with van der Waals surface area (Å²) in [5.41, 5.74) is 12.4. The van der Waals surface area contributed by atoms with Crippen LogP contribution in [-0.2, 0) is 4.84 Å². The maximum atomic E-state index is 6.22. The zero-order valence-electron chi connectivity index (χ0n) is 19.4. The van der Waals surface area contributed by atoms with Crippen LogP contribution < -0.4 is 5.48 Å². The Morgan fingerprint density at radius 1 is 1.03 bits per heavy atom. The van der Waals surface area contributed by atoms with Crippen LogP contribution in [0.15, 0.2) is 84.5 Å². The first-order chi connectivity index (χ1) is 16.7. The van der Waals surface area contributed by atoms with Gasteiger partial charge >= 0.3 is 0 Å². The third kappa shape index (κ3) is 3.56. The van der Waals surface area contributed by atoms with E-state index < -0.39 is 0 Å². The molecule has 0 spiro atoms. The Morgan fingerprint density at radius 2 is 1.88 bits per heavy atom. The van der Waals surface area contributed by atoms with E-state index in [9.17, 15) is 0 Å². The number of nitrogens with one attached hydrogen (secondary N) is 2. The Morgan fingerprint density at radius 3 is 2.79 bits per heavy atom. The number of allylic oxidation sites excluding steroid dienone is 3. The van der Waals surface area contributed by atoms with E-state index >= 15 is 0 Å². The maximum absolute atomic E-state index is 6.22. The number of fused-ring (bicyclic) bond motifs is 4. The molecule has 2 N–H and O–H groups in total. The zero-order valence-corrected chi connectivity index (χ0v) is 19.4. The van der Waals surface area contributed by atoms with E-state index in [4.69, 9.17) is 9.82 Å².